The fourth-order valence-electron chi connectivity index (χ4n) is 0.665. The fourth-order valence-corrected chi connectivity index (χ4v) is 0.767. The number of hydrogen-bond donors (Lipinski definition) is 1. The Bertz CT molecular complexity index is 174. The number of amides is 1. The summed E-state index contributed by atoms with van der Waals surface area (Å²) >= 11 is 4.51. The molecule has 75 valence electrons. The smallest absolute Gasteiger partial charge is 0.196 e. The predicted molar refractivity (Wildman–Crippen MR) is 49.7 cm³/mol. The molecule has 0 saturated heterocycles. The summed E-state index contributed by atoms with van der Waals surface area (Å²) in [4.78, 5) is 21.7. The molecule has 0 aliphatic heterocycles. The largest absolute Gasteiger partial charge is 0.783 e. The molecule has 0 unspecified atom stereocenters. The van der Waals surface area contributed by atoms with E-state index in [4.69, 9.17) is 0 Å². The van der Waals surface area contributed by atoms with E-state index in [1.807, 2.05) is 13.8 Å². The summed E-state index contributed by atoms with van der Waals surface area (Å²) in [5.74, 6) is 0.0993. The van der Waals surface area contributed by atoms with Gasteiger partial charge in [0.15, 0.2) is 5.91 Å². The normalized spacial score (nSPS) is 9.23. The van der Waals surface area contributed by atoms with Gasteiger partial charge in [-0.15, -0.1) is 0 Å². The van der Waals surface area contributed by atoms with Crippen molar-refractivity contribution in [1.82, 2.24) is 5.32 Å². The van der Waals surface area contributed by atoms with E-state index in [0.717, 1.165) is 0 Å². The molecule has 1 N–H and O–H groups in total. The molecule has 3 nitrogen and oxygen atoms in total. The second kappa shape index (κ2) is 8.66. The first kappa shape index (κ1) is 15.5. The summed E-state index contributed by atoms with van der Waals surface area (Å²) in [6, 6.07) is 0. The van der Waals surface area contributed by atoms with Crippen LogP contribution in [0.4, 0.5) is 0 Å². The van der Waals surface area contributed by atoms with Crippen LogP contribution in [0.5, 0.6) is 0 Å². The molecule has 13 heavy (non-hydrogen) atoms. The van der Waals surface area contributed by atoms with Crippen molar-refractivity contribution in [2.45, 2.75) is 20.3 Å². The molecule has 1 amide bonds. The number of rotatable bonds is 5. The molecule has 0 aromatic carbocycles. The van der Waals surface area contributed by atoms with Gasteiger partial charge < -0.3 is 17.9 Å². The molecule has 5 heteroatoms. The van der Waals surface area contributed by atoms with Gasteiger partial charge in [-0.2, -0.15) is 0 Å². The van der Waals surface area contributed by atoms with Gasteiger partial charge in [0.2, 0.25) is 0 Å². The summed E-state index contributed by atoms with van der Waals surface area (Å²) in [6.07, 6.45) is 0.402. The molecule has 0 saturated carbocycles. The molecule has 1 radical (unpaired) electrons. The summed E-state index contributed by atoms with van der Waals surface area (Å²) in [5.41, 5.74) is 0. The Labute approximate surface area is 96.3 Å². The summed E-state index contributed by atoms with van der Waals surface area (Å²) < 4.78 is 0. The van der Waals surface area contributed by atoms with E-state index < -0.39 is 0 Å². The minimum Gasteiger partial charge on any atom is -0.783 e. The SMILES string of the molecule is CC(C)C(=O)CCNC(=O)C[S-].[V]. The van der Waals surface area contributed by atoms with Crippen molar-refractivity contribution in [1.29, 1.82) is 0 Å². The maximum Gasteiger partial charge on any atom is 0.196 e. The Morgan fingerprint density at radius 2 is 1.92 bits per heavy atom. The van der Waals surface area contributed by atoms with Gasteiger partial charge in [-0.1, -0.05) is 19.6 Å². The van der Waals surface area contributed by atoms with Crippen LogP contribution < -0.4 is 5.32 Å². The third-order valence-corrected chi connectivity index (χ3v) is 1.73. The zero-order chi connectivity index (χ0) is 9.56. The first-order valence-corrected chi connectivity index (χ1v) is 4.53. The summed E-state index contributed by atoms with van der Waals surface area (Å²) in [6.45, 7) is 4.10. The van der Waals surface area contributed by atoms with E-state index in [1.165, 1.54) is 0 Å². The van der Waals surface area contributed by atoms with Crippen molar-refractivity contribution in [2.75, 3.05) is 12.3 Å². The van der Waals surface area contributed by atoms with Crippen LogP contribution in [0.25, 0.3) is 0 Å². The average Bonchev–Trinajstić information content (AvgIpc) is 2.03. The van der Waals surface area contributed by atoms with Crippen molar-refractivity contribution in [3.63, 3.8) is 0 Å². The molecule has 0 aliphatic carbocycles. The standard InChI is InChI=1S/C8H15NO2S.V/c1-6(2)7(10)3-4-9-8(11)5-12;/h6,12H,3-5H2,1-2H3,(H,9,11);/p-1. The molecule has 0 rings (SSSR count). The molecule has 0 spiro atoms. The van der Waals surface area contributed by atoms with Crippen LogP contribution in [-0.4, -0.2) is 24.0 Å². The molecule has 0 bridgehead atoms. The molecular weight excluding hydrogens is 225 g/mol. The number of hydrogen-bond acceptors (Lipinski definition) is 3. The second-order valence-electron chi connectivity index (χ2n) is 2.87. The molecule has 0 aromatic heterocycles. The van der Waals surface area contributed by atoms with Gasteiger partial charge in [-0.05, 0) is 0 Å². The van der Waals surface area contributed by atoms with Crippen LogP contribution in [-0.2, 0) is 40.8 Å². The number of nitrogens with one attached hydrogen (secondary N) is 1. The Kier molecular flexibility index (Phi) is 10.4. The third-order valence-electron chi connectivity index (χ3n) is 1.47. The number of carbonyl (C=O) groups is 2. The van der Waals surface area contributed by atoms with Crippen LogP contribution in [0.15, 0.2) is 0 Å². The molecule has 0 atom stereocenters. The maximum atomic E-state index is 11.0. The maximum absolute atomic E-state index is 11.0. The van der Waals surface area contributed by atoms with Crippen LogP contribution in [0.3, 0.4) is 0 Å². The first-order valence-electron chi connectivity index (χ1n) is 3.95. The number of Topliss-reactive ketones (excluding diaryl/α,β-unsaturated/α-hetero) is 1. The molecular formula is C8H14NO2SV-. The van der Waals surface area contributed by atoms with E-state index >= 15 is 0 Å². The minimum atomic E-state index is -0.179. The van der Waals surface area contributed by atoms with Crippen LogP contribution in [0.1, 0.15) is 20.3 Å². The van der Waals surface area contributed by atoms with Gasteiger partial charge >= 0.3 is 0 Å². The Hall–Kier alpha value is 0.0744. The van der Waals surface area contributed by atoms with E-state index in [1.54, 1.807) is 0 Å². The minimum absolute atomic E-state index is 0. The van der Waals surface area contributed by atoms with Crippen molar-refractivity contribution in [3.05, 3.63) is 0 Å². The van der Waals surface area contributed by atoms with Crippen molar-refractivity contribution < 1.29 is 28.1 Å². The molecule has 0 aromatic rings. The topological polar surface area (TPSA) is 46.2 Å². The summed E-state index contributed by atoms with van der Waals surface area (Å²) in [5, 5.41) is 2.55. The van der Waals surface area contributed by atoms with Crippen LogP contribution in [0, 0.1) is 5.92 Å². The third kappa shape index (κ3) is 8.41. The fraction of sp³-hybridized carbons (Fsp3) is 0.750. The zero-order valence-corrected chi connectivity index (χ0v) is 10.1. The molecule has 0 aliphatic rings. The average molecular weight is 239 g/mol. The number of ketones is 1. The first-order chi connectivity index (χ1) is 5.57. The number of carbonyl (C=O) groups excluding carboxylic acids is 2. The van der Waals surface area contributed by atoms with E-state index in [2.05, 4.69) is 17.9 Å². The predicted octanol–water partition coefficient (Wildman–Crippen LogP) is 0.262. The Morgan fingerprint density at radius 3 is 2.31 bits per heavy atom. The van der Waals surface area contributed by atoms with E-state index in [0.29, 0.717) is 13.0 Å². The van der Waals surface area contributed by atoms with Crippen molar-refractivity contribution >= 4 is 24.3 Å². The van der Waals surface area contributed by atoms with E-state index in [9.17, 15) is 9.59 Å². The van der Waals surface area contributed by atoms with Crippen molar-refractivity contribution in [2.24, 2.45) is 5.92 Å². The Morgan fingerprint density at radius 1 is 1.38 bits per heavy atom. The van der Waals surface area contributed by atoms with Gasteiger partial charge in [0.05, 0.1) is 0 Å². The monoisotopic (exact) mass is 239 g/mol. The van der Waals surface area contributed by atoms with Gasteiger partial charge in [0, 0.05) is 37.4 Å². The van der Waals surface area contributed by atoms with Crippen LogP contribution >= 0.6 is 0 Å². The quantitative estimate of drug-likeness (QED) is 0.700. The van der Waals surface area contributed by atoms with Gasteiger partial charge in [-0.3, -0.25) is 9.59 Å². The second-order valence-corrected chi connectivity index (χ2v) is 3.15. The Balaban J connectivity index is 0. The summed E-state index contributed by atoms with van der Waals surface area (Å²) in [7, 11) is 0. The van der Waals surface area contributed by atoms with Crippen molar-refractivity contribution in [3.8, 4) is 0 Å². The van der Waals surface area contributed by atoms with Gasteiger partial charge in [0.25, 0.3) is 0 Å². The van der Waals surface area contributed by atoms with Crippen LogP contribution in [0.2, 0.25) is 0 Å². The molecule has 0 heterocycles. The zero-order valence-electron chi connectivity index (χ0n) is 7.87. The van der Waals surface area contributed by atoms with Gasteiger partial charge in [-0.25, -0.2) is 0 Å². The molecule has 0 fully saturated rings. The van der Waals surface area contributed by atoms with Gasteiger partial charge in [0.1, 0.15) is 5.78 Å². The van der Waals surface area contributed by atoms with E-state index in [-0.39, 0.29) is 41.9 Å².